The first kappa shape index (κ1) is 15.1. The summed E-state index contributed by atoms with van der Waals surface area (Å²) in [6.45, 7) is 1.85. The first-order valence-electron chi connectivity index (χ1n) is 6.33. The van der Waals surface area contributed by atoms with Gasteiger partial charge in [0.25, 0.3) is 0 Å². The topological polar surface area (TPSA) is 74.2 Å². The van der Waals surface area contributed by atoms with Crippen LogP contribution in [0.3, 0.4) is 0 Å². The van der Waals surface area contributed by atoms with Crippen molar-refractivity contribution in [3.63, 3.8) is 0 Å². The van der Waals surface area contributed by atoms with E-state index in [-0.39, 0.29) is 0 Å². The highest BCUT2D eigenvalue weighted by atomic mass is 16.5. The average molecular weight is 259 g/mol. The molecule has 4 nitrogen and oxygen atoms in total. The summed E-state index contributed by atoms with van der Waals surface area (Å²) >= 11 is 0. The Morgan fingerprint density at radius 2 is 1.74 bits per heavy atom. The van der Waals surface area contributed by atoms with Crippen molar-refractivity contribution in [2.45, 2.75) is 6.42 Å². The van der Waals surface area contributed by atoms with E-state index in [0.29, 0.717) is 19.7 Å². The molecule has 1 aromatic heterocycles. The molecule has 0 fully saturated rings. The van der Waals surface area contributed by atoms with E-state index in [1.807, 2.05) is 48.7 Å². The molecule has 0 spiro atoms. The highest BCUT2D eigenvalue weighted by Crippen LogP contribution is 2.06. The van der Waals surface area contributed by atoms with Gasteiger partial charge in [0, 0.05) is 18.9 Å². The lowest BCUT2D eigenvalue weighted by atomic mass is 10.2. The summed E-state index contributed by atoms with van der Waals surface area (Å²) in [6.07, 6.45) is 4.53. The van der Waals surface area contributed by atoms with E-state index in [1.54, 1.807) is 6.20 Å². The van der Waals surface area contributed by atoms with Gasteiger partial charge in [-0.2, -0.15) is 0 Å². The normalized spacial score (nSPS) is 9.37. The van der Waals surface area contributed by atoms with Gasteiger partial charge in [0.05, 0.1) is 0 Å². The molecule has 0 unspecified atom stereocenters. The maximum Gasteiger partial charge on any atom is 0.119 e. The summed E-state index contributed by atoms with van der Waals surface area (Å²) in [7, 11) is 0. The Morgan fingerprint density at radius 1 is 0.947 bits per heavy atom. The van der Waals surface area contributed by atoms with Crippen LogP contribution < -0.4 is 16.2 Å². The van der Waals surface area contributed by atoms with E-state index in [0.717, 1.165) is 12.2 Å². The fraction of sp³-hybridized carbons (Fsp3) is 0.267. The van der Waals surface area contributed by atoms with Gasteiger partial charge in [-0.15, -0.1) is 0 Å². The molecule has 0 aliphatic heterocycles. The van der Waals surface area contributed by atoms with Gasteiger partial charge in [-0.1, -0.05) is 24.3 Å². The molecule has 19 heavy (non-hydrogen) atoms. The van der Waals surface area contributed by atoms with Crippen LogP contribution in [0.15, 0.2) is 54.9 Å². The molecular weight excluding hydrogens is 238 g/mol. The Hall–Kier alpha value is -1.91. The van der Waals surface area contributed by atoms with Crippen molar-refractivity contribution in [2.75, 3.05) is 19.7 Å². The number of rotatable bonds is 5. The molecule has 0 amide bonds. The Bertz CT molecular complexity index is 420. The summed E-state index contributed by atoms with van der Waals surface area (Å²) in [5.74, 6) is 0.882. The molecule has 0 atom stereocenters. The van der Waals surface area contributed by atoms with Crippen LogP contribution in [0.2, 0.25) is 0 Å². The lowest BCUT2D eigenvalue weighted by Gasteiger charge is -2.01. The Labute approximate surface area is 114 Å². The first-order valence-corrected chi connectivity index (χ1v) is 6.33. The zero-order valence-corrected chi connectivity index (χ0v) is 11.0. The molecule has 0 aliphatic rings. The molecule has 4 heteroatoms. The summed E-state index contributed by atoms with van der Waals surface area (Å²) in [6, 6.07) is 13.6. The number of aromatic nitrogens is 1. The van der Waals surface area contributed by atoms with E-state index >= 15 is 0 Å². The van der Waals surface area contributed by atoms with Crippen molar-refractivity contribution in [3.05, 3.63) is 60.4 Å². The third-order valence-corrected chi connectivity index (χ3v) is 2.29. The maximum absolute atomic E-state index is 5.33. The molecule has 102 valence electrons. The van der Waals surface area contributed by atoms with Crippen LogP contribution in [0.5, 0.6) is 5.75 Å². The Balaban J connectivity index is 0.000000191. The van der Waals surface area contributed by atoms with Gasteiger partial charge in [0.1, 0.15) is 12.4 Å². The van der Waals surface area contributed by atoms with Crippen molar-refractivity contribution in [2.24, 2.45) is 11.5 Å². The van der Waals surface area contributed by atoms with Crippen LogP contribution in [0.4, 0.5) is 0 Å². The fourth-order valence-corrected chi connectivity index (χ4v) is 1.41. The number of hydrogen-bond acceptors (Lipinski definition) is 4. The van der Waals surface area contributed by atoms with Gasteiger partial charge < -0.3 is 16.2 Å². The molecule has 1 heterocycles. The van der Waals surface area contributed by atoms with Crippen LogP contribution in [0.25, 0.3) is 0 Å². The third kappa shape index (κ3) is 7.18. The second kappa shape index (κ2) is 10.1. The molecule has 1 aromatic carbocycles. The SMILES string of the molecule is NCCOc1ccccc1.NCCc1cccnc1. The van der Waals surface area contributed by atoms with Crippen molar-refractivity contribution in [3.8, 4) is 5.75 Å². The van der Waals surface area contributed by atoms with Crippen LogP contribution in [0, 0.1) is 0 Å². The zero-order chi connectivity index (χ0) is 13.8. The van der Waals surface area contributed by atoms with Gasteiger partial charge in [0.2, 0.25) is 0 Å². The quantitative estimate of drug-likeness (QED) is 0.855. The summed E-state index contributed by atoms with van der Waals surface area (Å²) < 4.78 is 5.23. The summed E-state index contributed by atoms with van der Waals surface area (Å²) in [4.78, 5) is 3.95. The van der Waals surface area contributed by atoms with Crippen molar-refractivity contribution in [1.29, 1.82) is 0 Å². The lowest BCUT2D eigenvalue weighted by molar-refractivity contribution is 0.328. The number of para-hydroxylation sites is 1. The van der Waals surface area contributed by atoms with E-state index in [9.17, 15) is 0 Å². The zero-order valence-electron chi connectivity index (χ0n) is 11.0. The van der Waals surface area contributed by atoms with E-state index < -0.39 is 0 Å². The maximum atomic E-state index is 5.33. The summed E-state index contributed by atoms with van der Waals surface area (Å²) in [5.41, 5.74) is 11.8. The second-order valence-corrected chi connectivity index (χ2v) is 3.85. The van der Waals surface area contributed by atoms with E-state index in [1.165, 1.54) is 5.56 Å². The standard InChI is InChI=1S/C8H11NO.C7H10N2/c9-6-7-10-8-4-2-1-3-5-8;8-4-3-7-2-1-5-9-6-7/h1-5H,6-7,9H2;1-2,5-6H,3-4,8H2. The number of benzene rings is 1. The number of nitrogens with two attached hydrogens (primary N) is 2. The molecule has 2 rings (SSSR count). The molecule has 0 saturated carbocycles. The van der Waals surface area contributed by atoms with Crippen LogP contribution in [-0.4, -0.2) is 24.7 Å². The van der Waals surface area contributed by atoms with Gasteiger partial charge in [-0.05, 0) is 36.7 Å². The van der Waals surface area contributed by atoms with Crippen LogP contribution in [0.1, 0.15) is 5.56 Å². The smallest absolute Gasteiger partial charge is 0.119 e. The predicted molar refractivity (Wildman–Crippen MR) is 78.0 cm³/mol. The highest BCUT2D eigenvalue weighted by molar-refractivity contribution is 5.20. The fourth-order valence-electron chi connectivity index (χ4n) is 1.41. The van der Waals surface area contributed by atoms with E-state index in [4.69, 9.17) is 16.2 Å². The van der Waals surface area contributed by atoms with E-state index in [2.05, 4.69) is 4.98 Å². The van der Waals surface area contributed by atoms with Gasteiger partial charge in [-0.3, -0.25) is 4.98 Å². The van der Waals surface area contributed by atoms with Crippen molar-refractivity contribution in [1.82, 2.24) is 4.98 Å². The molecule has 2 aromatic rings. The predicted octanol–water partition coefficient (Wildman–Crippen LogP) is 1.61. The minimum absolute atomic E-state index is 0.564. The Kier molecular flexibility index (Phi) is 8.02. The first-order chi connectivity index (χ1) is 9.36. The number of hydrogen-bond donors (Lipinski definition) is 2. The monoisotopic (exact) mass is 259 g/mol. The largest absolute Gasteiger partial charge is 0.492 e. The number of nitrogens with zero attached hydrogens (tertiary/aromatic N) is 1. The molecule has 0 saturated heterocycles. The number of pyridine rings is 1. The molecule has 0 radical (unpaired) electrons. The highest BCUT2D eigenvalue weighted by Gasteiger charge is 1.87. The molecule has 0 aliphatic carbocycles. The van der Waals surface area contributed by atoms with Crippen molar-refractivity contribution < 1.29 is 4.74 Å². The molecule has 0 bridgehead atoms. The summed E-state index contributed by atoms with van der Waals surface area (Å²) in [5, 5.41) is 0. The van der Waals surface area contributed by atoms with Gasteiger partial charge >= 0.3 is 0 Å². The van der Waals surface area contributed by atoms with Crippen molar-refractivity contribution >= 4 is 0 Å². The minimum atomic E-state index is 0.564. The second-order valence-electron chi connectivity index (χ2n) is 3.85. The molecule has 4 N–H and O–H groups in total. The van der Waals surface area contributed by atoms with Gasteiger partial charge in [-0.25, -0.2) is 0 Å². The van der Waals surface area contributed by atoms with Crippen LogP contribution >= 0.6 is 0 Å². The third-order valence-electron chi connectivity index (χ3n) is 2.29. The molecular formula is C15H21N3O. The number of ether oxygens (including phenoxy) is 1. The Morgan fingerprint density at radius 3 is 2.32 bits per heavy atom. The van der Waals surface area contributed by atoms with Gasteiger partial charge in [0.15, 0.2) is 0 Å². The van der Waals surface area contributed by atoms with Crippen LogP contribution in [-0.2, 0) is 6.42 Å². The average Bonchev–Trinajstić information content (AvgIpc) is 2.48. The lowest BCUT2D eigenvalue weighted by Crippen LogP contribution is -2.10. The minimum Gasteiger partial charge on any atom is -0.492 e.